The zero-order chi connectivity index (χ0) is 15.4. The van der Waals surface area contributed by atoms with Gasteiger partial charge in [0.25, 0.3) is 0 Å². The molecule has 1 fully saturated rings. The fraction of sp³-hybridized carbons (Fsp3) is 0.375. The molecule has 1 aromatic heterocycles. The molecule has 1 aliphatic rings. The molecule has 0 atom stereocenters. The molecule has 22 heavy (non-hydrogen) atoms. The number of benzene rings is 1. The number of methoxy groups -OCH3 is 1. The second-order valence-corrected chi connectivity index (χ2v) is 6.10. The van der Waals surface area contributed by atoms with E-state index in [9.17, 15) is 4.79 Å². The lowest BCUT2D eigenvalue weighted by atomic mass is 10.1. The highest BCUT2D eigenvalue weighted by molar-refractivity contribution is 7.14. The summed E-state index contributed by atoms with van der Waals surface area (Å²) in [4.78, 5) is 18.5. The van der Waals surface area contributed by atoms with Crippen LogP contribution in [-0.2, 0) is 0 Å². The second-order valence-electron chi connectivity index (χ2n) is 5.24. The number of hydrogen-bond acceptors (Lipinski definition) is 4. The minimum absolute atomic E-state index is 0.0460. The second kappa shape index (κ2) is 6.79. The Morgan fingerprint density at radius 3 is 2.64 bits per heavy atom. The van der Waals surface area contributed by atoms with Crippen molar-refractivity contribution >= 4 is 22.5 Å². The third-order valence-electron chi connectivity index (χ3n) is 3.75. The molecule has 0 aliphatic carbocycles. The molecule has 0 bridgehead atoms. The van der Waals surface area contributed by atoms with Gasteiger partial charge in [0.1, 0.15) is 5.75 Å². The maximum absolute atomic E-state index is 12.2. The molecule has 6 heteroatoms. The van der Waals surface area contributed by atoms with Gasteiger partial charge in [0.05, 0.1) is 12.8 Å². The van der Waals surface area contributed by atoms with Crippen molar-refractivity contribution in [1.29, 1.82) is 0 Å². The Hall–Kier alpha value is -2.08. The largest absolute Gasteiger partial charge is 0.497 e. The van der Waals surface area contributed by atoms with Crippen LogP contribution in [0.15, 0.2) is 29.6 Å². The Morgan fingerprint density at radius 2 is 1.95 bits per heavy atom. The van der Waals surface area contributed by atoms with Crippen LogP contribution in [-0.4, -0.2) is 36.1 Å². The Morgan fingerprint density at radius 1 is 1.23 bits per heavy atom. The predicted octanol–water partition coefficient (Wildman–Crippen LogP) is 3.84. The lowest BCUT2D eigenvalue weighted by molar-refractivity contribution is 0.200. The first-order valence-electron chi connectivity index (χ1n) is 7.42. The number of aromatic nitrogens is 1. The highest BCUT2D eigenvalue weighted by Gasteiger charge is 2.17. The number of piperidine rings is 1. The Kier molecular flexibility index (Phi) is 4.58. The molecular weight excluding hydrogens is 298 g/mol. The normalized spacial score (nSPS) is 14.7. The molecular formula is C16H19N3O2S. The fourth-order valence-corrected chi connectivity index (χ4v) is 3.20. The number of nitrogens with one attached hydrogen (secondary N) is 1. The van der Waals surface area contributed by atoms with Crippen molar-refractivity contribution in [2.24, 2.45) is 0 Å². The molecule has 1 N–H and O–H groups in total. The van der Waals surface area contributed by atoms with E-state index in [4.69, 9.17) is 4.74 Å². The number of likely N-dealkylation sites (tertiary alicyclic amines) is 1. The van der Waals surface area contributed by atoms with Crippen LogP contribution in [0.25, 0.3) is 11.3 Å². The Bertz CT molecular complexity index is 633. The van der Waals surface area contributed by atoms with Gasteiger partial charge in [0, 0.05) is 24.0 Å². The first kappa shape index (κ1) is 14.8. The van der Waals surface area contributed by atoms with Crippen molar-refractivity contribution in [2.45, 2.75) is 19.3 Å². The number of thiazole rings is 1. The van der Waals surface area contributed by atoms with E-state index in [1.54, 1.807) is 7.11 Å². The monoisotopic (exact) mass is 317 g/mol. The van der Waals surface area contributed by atoms with Crippen LogP contribution in [0.3, 0.4) is 0 Å². The summed E-state index contributed by atoms with van der Waals surface area (Å²) in [5.74, 6) is 0.817. The van der Waals surface area contributed by atoms with E-state index in [-0.39, 0.29) is 6.03 Å². The molecule has 2 heterocycles. The molecule has 116 valence electrons. The Balaban J connectivity index is 1.66. The van der Waals surface area contributed by atoms with Crippen LogP contribution in [0.1, 0.15) is 19.3 Å². The van der Waals surface area contributed by atoms with E-state index in [1.807, 2.05) is 34.5 Å². The summed E-state index contributed by atoms with van der Waals surface area (Å²) in [6.45, 7) is 1.67. The van der Waals surface area contributed by atoms with Crippen molar-refractivity contribution in [3.05, 3.63) is 29.6 Å². The predicted molar refractivity (Wildman–Crippen MR) is 88.5 cm³/mol. The van der Waals surface area contributed by atoms with Crippen LogP contribution >= 0.6 is 11.3 Å². The van der Waals surface area contributed by atoms with Crippen molar-refractivity contribution in [3.8, 4) is 17.0 Å². The summed E-state index contributed by atoms with van der Waals surface area (Å²) >= 11 is 1.45. The van der Waals surface area contributed by atoms with E-state index in [1.165, 1.54) is 17.8 Å². The van der Waals surface area contributed by atoms with Crippen LogP contribution in [0.5, 0.6) is 5.75 Å². The number of urea groups is 1. The van der Waals surface area contributed by atoms with E-state index in [0.717, 1.165) is 42.9 Å². The molecule has 2 aromatic rings. The third-order valence-corrected chi connectivity index (χ3v) is 4.50. The van der Waals surface area contributed by atoms with Gasteiger partial charge < -0.3 is 9.64 Å². The molecule has 1 aromatic carbocycles. The van der Waals surface area contributed by atoms with Crippen LogP contribution < -0.4 is 10.1 Å². The van der Waals surface area contributed by atoms with Gasteiger partial charge >= 0.3 is 6.03 Å². The first-order chi connectivity index (χ1) is 10.8. The van der Waals surface area contributed by atoms with Crippen molar-refractivity contribution in [1.82, 2.24) is 9.88 Å². The van der Waals surface area contributed by atoms with E-state index >= 15 is 0 Å². The lowest BCUT2D eigenvalue weighted by Gasteiger charge is -2.26. The van der Waals surface area contributed by atoms with Crippen molar-refractivity contribution < 1.29 is 9.53 Å². The molecule has 1 aliphatic heterocycles. The number of carbonyl (C=O) groups excluding carboxylic acids is 1. The molecule has 1 saturated heterocycles. The van der Waals surface area contributed by atoms with Gasteiger partial charge in [-0.15, -0.1) is 11.3 Å². The molecule has 5 nitrogen and oxygen atoms in total. The summed E-state index contributed by atoms with van der Waals surface area (Å²) in [6, 6.07) is 7.69. The maximum atomic E-state index is 12.2. The van der Waals surface area contributed by atoms with Gasteiger partial charge in [0.15, 0.2) is 5.13 Å². The maximum Gasteiger partial charge on any atom is 0.323 e. The minimum atomic E-state index is -0.0460. The average molecular weight is 317 g/mol. The van der Waals surface area contributed by atoms with Gasteiger partial charge in [-0.25, -0.2) is 9.78 Å². The minimum Gasteiger partial charge on any atom is -0.497 e. The first-order valence-corrected chi connectivity index (χ1v) is 8.30. The van der Waals surface area contributed by atoms with Gasteiger partial charge in [-0.1, -0.05) is 0 Å². The van der Waals surface area contributed by atoms with Gasteiger partial charge in [-0.05, 0) is 43.5 Å². The summed E-state index contributed by atoms with van der Waals surface area (Å²) in [6.07, 6.45) is 3.38. The standard InChI is InChI=1S/C16H19N3O2S/c1-21-13-7-5-12(6-8-13)14-11-22-15(17-14)18-16(20)19-9-3-2-4-10-19/h5-8,11H,2-4,9-10H2,1H3,(H,17,18,20). The highest BCUT2D eigenvalue weighted by atomic mass is 32.1. The van der Waals surface area contributed by atoms with E-state index in [0.29, 0.717) is 5.13 Å². The van der Waals surface area contributed by atoms with E-state index in [2.05, 4.69) is 10.3 Å². The van der Waals surface area contributed by atoms with Crippen molar-refractivity contribution in [2.75, 3.05) is 25.5 Å². The van der Waals surface area contributed by atoms with Crippen LogP contribution in [0.4, 0.5) is 9.93 Å². The zero-order valence-electron chi connectivity index (χ0n) is 12.5. The SMILES string of the molecule is COc1ccc(-c2csc(NC(=O)N3CCCCC3)n2)cc1. The number of anilines is 1. The molecule has 3 rings (SSSR count). The summed E-state index contributed by atoms with van der Waals surface area (Å²) in [7, 11) is 1.64. The van der Waals surface area contributed by atoms with E-state index < -0.39 is 0 Å². The fourth-order valence-electron chi connectivity index (χ4n) is 2.49. The topological polar surface area (TPSA) is 54.5 Å². The van der Waals surface area contributed by atoms with Crippen LogP contribution in [0.2, 0.25) is 0 Å². The molecule has 0 radical (unpaired) electrons. The summed E-state index contributed by atoms with van der Waals surface area (Å²) < 4.78 is 5.15. The number of rotatable bonds is 3. The zero-order valence-corrected chi connectivity index (χ0v) is 13.4. The van der Waals surface area contributed by atoms with Crippen molar-refractivity contribution in [3.63, 3.8) is 0 Å². The number of nitrogens with zero attached hydrogens (tertiary/aromatic N) is 2. The molecule has 0 spiro atoms. The molecule has 0 unspecified atom stereocenters. The average Bonchev–Trinajstić information content (AvgIpc) is 3.04. The molecule has 0 saturated carbocycles. The molecule has 2 amide bonds. The Labute approximate surface area is 133 Å². The smallest absolute Gasteiger partial charge is 0.323 e. The van der Waals surface area contributed by atoms with Gasteiger partial charge in [-0.2, -0.15) is 0 Å². The van der Waals surface area contributed by atoms with Crippen LogP contribution in [0, 0.1) is 0 Å². The number of carbonyl (C=O) groups is 1. The number of hydrogen-bond donors (Lipinski definition) is 1. The summed E-state index contributed by atoms with van der Waals surface area (Å²) in [5, 5.41) is 5.49. The van der Waals surface area contributed by atoms with Gasteiger partial charge in [-0.3, -0.25) is 5.32 Å². The lowest BCUT2D eigenvalue weighted by Crippen LogP contribution is -2.38. The number of amides is 2. The quantitative estimate of drug-likeness (QED) is 0.936. The summed E-state index contributed by atoms with van der Waals surface area (Å²) in [5.41, 5.74) is 1.87. The highest BCUT2D eigenvalue weighted by Crippen LogP contribution is 2.26. The third kappa shape index (κ3) is 3.39. The van der Waals surface area contributed by atoms with Gasteiger partial charge in [0.2, 0.25) is 0 Å². The number of ether oxygens (including phenoxy) is 1.